The summed E-state index contributed by atoms with van der Waals surface area (Å²) in [6.07, 6.45) is 1.21. The van der Waals surface area contributed by atoms with Crippen LogP contribution in [0.25, 0.3) is 10.8 Å². The number of rotatable bonds is 16. The van der Waals surface area contributed by atoms with E-state index in [1.165, 1.54) is 23.4 Å². The van der Waals surface area contributed by atoms with E-state index < -0.39 is 52.5 Å². The van der Waals surface area contributed by atoms with Crippen molar-refractivity contribution >= 4 is 51.0 Å². The molecule has 47 heavy (non-hydrogen) atoms. The lowest BCUT2D eigenvalue weighted by Gasteiger charge is -2.31. The monoisotopic (exact) mass is 674 g/mol. The molecule has 2 fully saturated rings. The van der Waals surface area contributed by atoms with Gasteiger partial charge in [0.2, 0.25) is 21.8 Å². The topological polar surface area (TPSA) is 185 Å². The fraction of sp³-hybridized carbons (Fsp3) is 0.516. The van der Waals surface area contributed by atoms with Crippen molar-refractivity contribution in [3.63, 3.8) is 0 Å². The van der Waals surface area contributed by atoms with Gasteiger partial charge in [0.1, 0.15) is 12.4 Å². The Morgan fingerprint density at radius 3 is 2.55 bits per heavy atom. The molecular weight excluding hydrogens is 632 g/mol. The van der Waals surface area contributed by atoms with Gasteiger partial charge in [0.05, 0.1) is 43.7 Å². The molecular formula is C31H42N6O9S. The van der Waals surface area contributed by atoms with E-state index in [0.717, 1.165) is 5.39 Å². The first-order valence-corrected chi connectivity index (χ1v) is 17.1. The lowest BCUT2D eigenvalue weighted by Crippen LogP contribution is -2.52. The van der Waals surface area contributed by atoms with Crippen LogP contribution in [0.2, 0.25) is 0 Å². The predicted octanol–water partition coefficient (Wildman–Crippen LogP) is 1.33. The first kappa shape index (κ1) is 35.6. The number of nitrogens with zero attached hydrogens (tertiary/aromatic N) is 3. The average Bonchev–Trinajstić information content (AvgIpc) is 3.89. The van der Waals surface area contributed by atoms with Gasteiger partial charge in [-0.25, -0.2) is 18.6 Å². The van der Waals surface area contributed by atoms with Crippen molar-refractivity contribution < 1.29 is 41.8 Å². The molecule has 2 aromatic carbocycles. The Bertz CT molecular complexity index is 1550. The average molecular weight is 675 g/mol. The molecule has 15 nitrogen and oxygen atoms in total. The molecule has 0 spiro atoms. The zero-order valence-electron chi connectivity index (χ0n) is 26.6. The molecule has 0 radical (unpaired) electrons. The smallest absolute Gasteiger partial charge is 0.427 e. The predicted molar refractivity (Wildman–Crippen MR) is 172 cm³/mol. The minimum Gasteiger partial charge on any atom is -0.466 e. The number of carbonyl (C=O) groups is 4. The highest BCUT2D eigenvalue weighted by Gasteiger charge is 2.38. The second kappa shape index (κ2) is 17.0. The maximum absolute atomic E-state index is 13.9. The number of esters is 1. The van der Waals surface area contributed by atoms with Crippen LogP contribution in [0.15, 0.2) is 52.5 Å². The van der Waals surface area contributed by atoms with Crippen LogP contribution in [0.3, 0.4) is 0 Å². The van der Waals surface area contributed by atoms with Crippen molar-refractivity contribution in [2.24, 2.45) is 5.10 Å². The molecule has 1 unspecified atom stereocenters. The Hall–Kier alpha value is -4.28. The Morgan fingerprint density at radius 1 is 1.09 bits per heavy atom. The van der Waals surface area contributed by atoms with Crippen molar-refractivity contribution in [1.29, 1.82) is 0 Å². The number of hydrogen-bond acceptors (Lipinski definition) is 10. The lowest BCUT2D eigenvalue weighted by molar-refractivity contribution is -0.144. The number of hydrogen-bond donors (Lipinski definition) is 3. The SMILES string of the molecule is CCOC(=O)CCN(C(=O)C(CC(=O)NC[C@H]1CN(C=NNC(=O)OCC)CCO1)NS(=O)(=O)c1ccc2ccccc2c1)C1CC1. The minimum absolute atomic E-state index is 0.0382. The molecule has 256 valence electrons. The molecule has 16 heteroatoms. The third-order valence-corrected chi connectivity index (χ3v) is 8.97. The molecule has 1 aliphatic carbocycles. The molecule has 2 aliphatic rings. The first-order chi connectivity index (χ1) is 22.6. The summed E-state index contributed by atoms with van der Waals surface area (Å²) < 4.78 is 45.1. The number of ether oxygens (including phenoxy) is 3. The van der Waals surface area contributed by atoms with Crippen LogP contribution >= 0.6 is 0 Å². The van der Waals surface area contributed by atoms with Gasteiger partial charge in [-0.05, 0) is 49.6 Å². The Morgan fingerprint density at radius 2 is 1.83 bits per heavy atom. The third kappa shape index (κ3) is 10.9. The van der Waals surface area contributed by atoms with E-state index in [1.54, 1.807) is 36.9 Å². The molecule has 3 amide bonds. The second-order valence-corrected chi connectivity index (χ2v) is 12.8. The molecule has 1 saturated heterocycles. The molecule has 1 heterocycles. The van der Waals surface area contributed by atoms with Crippen LogP contribution in [0.1, 0.15) is 39.5 Å². The third-order valence-electron chi connectivity index (χ3n) is 7.50. The van der Waals surface area contributed by atoms with Crippen molar-refractivity contribution in [3.05, 3.63) is 42.5 Å². The summed E-state index contributed by atoms with van der Waals surface area (Å²) in [5.74, 6) is -1.63. The molecule has 2 atom stereocenters. The standard InChI is InChI=1S/C31H42N6O9S/c1-3-44-29(39)13-14-37(24-10-11-24)30(40)27(35-47(42,43)26-12-9-22-7-5-6-8-23(22)17-26)18-28(38)32-19-25-20-36(15-16-46-25)21-33-34-31(41)45-4-2/h5-9,12,17,21,24-25,27,35H,3-4,10-11,13-16,18-20H2,1-2H3,(H,32,38)(H,34,41)/t25-,27?/m0/s1. The Labute approximate surface area is 274 Å². The Balaban J connectivity index is 1.44. The van der Waals surface area contributed by atoms with E-state index in [9.17, 15) is 27.6 Å². The number of nitrogens with one attached hydrogen (secondary N) is 3. The zero-order valence-corrected chi connectivity index (χ0v) is 27.4. The van der Waals surface area contributed by atoms with E-state index in [4.69, 9.17) is 14.2 Å². The fourth-order valence-electron chi connectivity index (χ4n) is 5.06. The summed E-state index contributed by atoms with van der Waals surface area (Å²) in [5, 5.41) is 8.14. The highest BCUT2D eigenvalue weighted by atomic mass is 32.2. The number of fused-ring (bicyclic) bond motifs is 1. The lowest BCUT2D eigenvalue weighted by atomic mass is 10.1. The van der Waals surface area contributed by atoms with Crippen LogP contribution in [0.4, 0.5) is 4.79 Å². The number of hydrazone groups is 1. The van der Waals surface area contributed by atoms with Gasteiger partial charge in [-0.15, -0.1) is 0 Å². The van der Waals surface area contributed by atoms with Crippen LogP contribution in [0.5, 0.6) is 0 Å². The van der Waals surface area contributed by atoms with Gasteiger partial charge in [0, 0.05) is 32.2 Å². The minimum atomic E-state index is -4.24. The first-order valence-electron chi connectivity index (χ1n) is 15.6. The van der Waals surface area contributed by atoms with Gasteiger partial charge in [-0.3, -0.25) is 14.4 Å². The van der Waals surface area contributed by atoms with Crippen LogP contribution in [0, 0.1) is 0 Å². The summed E-state index contributed by atoms with van der Waals surface area (Å²) in [5.41, 5.74) is 2.25. The summed E-state index contributed by atoms with van der Waals surface area (Å²) >= 11 is 0. The number of morpholine rings is 1. The Kier molecular flexibility index (Phi) is 12.9. The summed E-state index contributed by atoms with van der Waals surface area (Å²) in [6.45, 7) is 5.10. The number of benzene rings is 2. The van der Waals surface area contributed by atoms with Gasteiger partial charge < -0.3 is 29.3 Å². The largest absolute Gasteiger partial charge is 0.466 e. The van der Waals surface area contributed by atoms with Gasteiger partial charge in [0.15, 0.2) is 0 Å². The van der Waals surface area contributed by atoms with Gasteiger partial charge in [-0.2, -0.15) is 9.82 Å². The molecule has 0 bridgehead atoms. The molecule has 1 saturated carbocycles. The number of amides is 3. The molecule has 1 aliphatic heterocycles. The van der Waals surface area contributed by atoms with Crippen molar-refractivity contribution in [3.8, 4) is 0 Å². The molecule has 2 aromatic rings. The summed E-state index contributed by atoms with van der Waals surface area (Å²) in [7, 11) is -4.24. The van der Waals surface area contributed by atoms with E-state index >= 15 is 0 Å². The molecule has 0 aromatic heterocycles. The van der Waals surface area contributed by atoms with E-state index in [-0.39, 0.29) is 43.7 Å². The normalized spacial score (nSPS) is 17.2. The van der Waals surface area contributed by atoms with Crippen molar-refractivity contribution in [1.82, 2.24) is 25.3 Å². The van der Waals surface area contributed by atoms with Crippen molar-refractivity contribution in [2.45, 2.75) is 62.6 Å². The summed E-state index contributed by atoms with van der Waals surface area (Å²) in [6, 6.07) is 10.3. The quantitative estimate of drug-likeness (QED) is 0.102. The summed E-state index contributed by atoms with van der Waals surface area (Å²) in [4.78, 5) is 53.8. The van der Waals surface area contributed by atoms with E-state index in [1.807, 2.05) is 12.1 Å². The number of carbonyl (C=O) groups excluding carboxylic acids is 4. The van der Waals surface area contributed by atoms with Gasteiger partial charge in [-0.1, -0.05) is 30.3 Å². The maximum atomic E-state index is 13.9. The van der Waals surface area contributed by atoms with Gasteiger partial charge >= 0.3 is 12.1 Å². The van der Waals surface area contributed by atoms with Crippen molar-refractivity contribution in [2.75, 3.05) is 46.0 Å². The molecule has 3 N–H and O–H groups in total. The molecule has 4 rings (SSSR count). The van der Waals surface area contributed by atoms with Crippen LogP contribution < -0.4 is 15.5 Å². The van der Waals surface area contributed by atoms with E-state index in [2.05, 4.69) is 20.6 Å². The zero-order chi connectivity index (χ0) is 33.8. The highest BCUT2D eigenvalue weighted by molar-refractivity contribution is 7.89. The maximum Gasteiger partial charge on any atom is 0.427 e. The van der Waals surface area contributed by atoms with Gasteiger partial charge in [0.25, 0.3) is 0 Å². The van der Waals surface area contributed by atoms with E-state index in [0.29, 0.717) is 37.9 Å². The van der Waals surface area contributed by atoms with Crippen LogP contribution in [-0.2, 0) is 38.6 Å². The highest BCUT2D eigenvalue weighted by Crippen LogP contribution is 2.28. The second-order valence-electron chi connectivity index (χ2n) is 11.1. The van der Waals surface area contributed by atoms with Crippen LogP contribution in [-0.4, -0.2) is 113 Å². The fourth-order valence-corrected chi connectivity index (χ4v) is 6.28. The number of sulfonamides is 1.